The van der Waals surface area contributed by atoms with E-state index in [1.54, 1.807) is 12.4 Å². The highest BCUT2D eigenvalue weighted by molar-refractivity contribution is 5.58. The van der Waals surface area contributed by atoms with Gasteiger partial charge in [0.05, 0.1) is 11.2 Å². The maximum atomic E-state index is 6.04. The SMILES string of the molecule is Cc1cc(-c2ccncc2)nc(C(C)(C)N)n1. The lowest BCUT2D eigenvalue weighted by Crippen LogP contribution is -2.31. The van der Waals surface area contributed by atoms with Crippen LogP contribution in [0.2, 0.25) is 0 Å². The number of rotatable bonds is 2. The van der Waals surface area contributed by atoms with Crippen LogP contribution in [0, 0.1) is 6.92 Å². The van der Waals surface area contributed by atoms with Gasteiger partial charge in [0.1, 0.15) is 5.82 Å². The third kappa shape index (κ3) is 2.65. The summed E-state index contributed by atoms with van der Waals surface area (Å²) in [6, 6.07) is 5.80. The molecule has 0 aliphatic heterocycles. The third-order valence-electron chi connectivity index (χ3n) is 2.41. The van der Waals surface area contributed by atoms with Crippen molar-refractivity contribution >= 4 is 0 Å². The van der Waals surface area contributed by atoms with Gasteiger partial charge in [-0.2, -0.15) is 0 Å². The molecule has 0 saturated heterocycles. The first-order chi connectivity index (χ1) is 7.97. The Morgan fingerprint density at radius 3 is 2.35 bits per heavy atom. The molecular weight excluding hydrogens is 212 g/mol. The molecule has 4 nitrogen and oxygen atoms in total. The maximum absolute atomic E-state index is 6.04. The van der Waals surface area contributed by atoms with Crippen LogP contribution < -0.4 is 5.73 Å². The molecular formula is C13H16N4. The Labute approximate surface area is 101 Å². The first-order valence-electron chi connectivity index (χ1n) is 5.52. The number of hydrogen-bond acceptors (Lipinski definition) is 4. The van der Waals surface area contributed by atoms with Gasteiger partial charge in [-0.15, -0.1) is 0 Å². The molecule has 2 heterocycles. The molecule has 2 aromatic rings. The van der Waals surface area contributed by atoms with Crippen LogP contribution in [0.3, 0.4) is 0 Å². The zero-order valence-electron chi connectivity index (χ0n) is 10.3. The van der Waals surface area contributed by atoms with E-state index in [0.29, 0.717) is 5.82 Å². The summed E-state index contributed by atoms with van der Waals surface area (Å²) in [6.07, 6.45) is 3.50. The van der Waals surface area contributed by atoms with Crippen LogP contribution in [0.15, 0.2) is 30.6 Å². The first-order valence-corrected chi connectivity index (χ1v) is 5.52. The molecule has 2 aromatic heterocycles. The van der Waals surface area contributed by atoms with Gasteiger partial charge in [-0.3, -0.25) is 4.98 Å². The topological polar surface area (TPSA) is 64.7 Å². The molecule has 0 radical (unpaired) electrons. The fraction of sp³-hybridized carbons (Fsp3) is 0.308. The summed E-state index contributed by atoms with van der Waals surface area (Å²) in [4.78, 5) is 12.9. The summed E-state index contributed by atoms with van der Waals surface area (Å²) in [5.41, 5.74) is 8.33. The number of aryl methyl sites for hydroxylation is 1. The van der Waals surface area contributed by atoms with E-state index < -0.39 is 5.54 Å². The van der Waals surface area contributed by atoms with Gasteiger partial charge in [0.15, 0.2) is 0 Å². The highest BCUT2D eigenvalue weighted by Gasteiger charge is 2.19. The molecule has 0 aliphatic carbocycles. The second-order valence-corrected chi connectivity index (χ2v) is 4.68. The van der Waals surface area contributed by atoms with Crippen molar-refractivity contribution in [3.8, 4) is 11.3 Å². The van der Waals surface area contributed by atoms with Crippen molar-refractivity contribution in [1.82, 2.24) is 15.0 Å². The molecule has 2 rings (SSSR count). The second-order valence-electron chi connectivity index (χ2n) is 4.68. The van der Waals surface area contributed by atoms with E-state index in [4.69, 9.17) is 5.73 Å². The molecule has 4 heteroatoms. The number of aromatic nitrogens is 3. The molecule has 0 saturated carbocycles. The van der Waals surface area contributed by atoms with Gasteiger partial charge in [-0.05, 0) is 39.0 Å². The molecule has 88 valence electrons. The number of nitrogens with two attached hydrogens (primary N) is 1. The lowest BCUT2D eigenvalue weighted by atomic mass is 10.1. The minimum atomic E-state index is -0.534. The molecule has 0 fully saturated rings. The van der Waals surface area contributed by atoms with Gasteiger partial charge in [0.2, 0.25) is 0 Å². The van der Waals surface area contributed by atoms with Crippen LogP contribution in [0.5, 0.6) is 0 Å². The van der Waals surface area contributed by atoms with Crippen molar-refractivity contribution in [3.05, 3.63) is 42.1 Å². The summed E-state index contributed by atoms with van der Waals surface area (Å²) < 4.78 is 0. The molecule has 0 aliphatic rings. The van der Waals surface area contributed by atoms with Crippen LogP contribution in [0.25, 0.3) is 11.3 Å². The Hall–Kier alpha value is -1.81. The van der Waals surface area contributed by atoms with E-state index >= 15 is 0 Å². The van der Waals surface area contributed by atoms with E-state index in [2.05, 4.69) is 15.0 Å². The lowest BCUT2D eigenvalue weighted by molar-refractivity contribution is 0.512. The van der Waals surface area contributed by atoms with Crippen molar-refractivity contribution in [3.63, 3.8) is 0 Å². The Morgan fingerprint density at radius 2 is 1.76 bits per heavy atom. The molecule has 0 bridgehead atoms. The monoisotopic (exact) mass is 228 g/mol. The van der Waals surface area contributed by atoms with E-state index in [1.165, 1.54) is 0 Å². The molecule has 0 spiro atoms. The summed E-state index contributed by atoms with van der Waals surface area (Å²) >= 11 is 0. The van der Waals surface area contributed by atoms with Crippen molar-refractivity contribution < 1.29 is 0 Å². The molecule has 0 aromatic carbocycles. The van der Waals surface area contributed by atoms with Gasteiger partial charge in [-0.1, -0.05) is 0 Å². The van der Waals surface area contributed by atoms with Crippen molar-refractivity contribution in [2.24, 2.45) is 5.73 Å². The summed E-state index contributed by atoms with van der Waals surface area (Å²) in [6.45, 7) is 5.75. The van der Waals surface area contributed by atoms with Gasteiger partial charge >= 0.3 is 0 Å². The first kappa shape index (κ1) is 11.7. The molecule has 0 unspecified atom stereocenters. The van der Waals surface area contributed by atoms with Crippen molar-refractivity contribution in [2.45, 2.75) is 26.3 Å². The largest absolute Gasteiger partial charge is 0.319 e. The normalized spacial score (nSPS) is 11.5. The Morgan fingerprint density at radius 1 is 1.12 bits per heavy atom. The van der Waals surface area contributed by atoms with Gasteiger partial charge < -0.3 is 5.73 Å². The molecule has 0 atom stereocenters. The highest BCUT2D eigenvalue weighted by atomic mass is 15.0. The van der Waals surface area contributed by atoms with Gasteiger partial charge in [0.25, 0.3) is 0 Å². The Kier molecular flexibility index (Phi) is 2.90. The Bertz CT molecular complexity index is 515. The number of pyridine rings is 1. The number of hydrogen-bond donors (Lipinski definition) is 1. The van der Waals surface area contributed by atoms with Crippen LogP contribution in [0.4, 0.5) is 0 Å². The van der Waals surface area contributed by atoms with Crippen LogP contribution in [-0.2, 0) is 5.54 Å². The molecule has 17 heavy (non-hydrogen) atoms. The molecule has 2 N–H and O–H groups in total. The zero-order valence-corrected chi connectivity index (χ0v) is 10.3. The van der Waals surface area contributed by atoms with Crippen molar-refractivity contribution in [1.29, 1.82) is 0 Å². The average Bonchev–Trinajstić information content (AvgIpc) is 2.28. The maximum Gasteiger partial charge on any atom is 0.148 e. The minimum absolute atomic E-state index is 0.534. The van der Waals surface area contributed by atoms with Crippen LogP contribution in [0.1, 0.15) is 25.4 Å². The van der Waals surface area contributed by atoms with Gasteiger partial charge in [-0.25, -0.2) is 9.97 Å². The van der Waals surface area contributed by atoms with Crippen LogP contribution in [-0.4, -0.2) is 15.0 Å². The highest BCUT2D eigenvalue weighted by Crippen LogP contribution is 2.20. The van der Waals surface area contributed by atoms with E-state index in [9.17, 15) is 0 Å². The predicted octanol–water partition coefficient (Wildman–Crippen LogP) is 2.04. The average molecular weight is 228 g/mol. The summed E-state index contributed by atoms with van der Waals surface area (Å²) in [7, 11) is 0. The number of nitrogens with zero attached hydrogens (tertiary/aromatic N) is 3. The second kappa shape index (κ2) is 4.22. The lowest BCUT2D eigenvalue weighted by Gasteiger charge is -2.18. The molecule has 0 amide bonds. The van der Waals surface area contributed by atoms with Gasteiger partial charge in [0, 0.05) is 23.7 Å². The zero-order chi connectivity index (χ0) is 12.5. The fourth-order valence-corrected chi connectivity index (χ4v) is 1.53. The third-order valence-corrected chi connectivity index (χ3v) is 2.41. The Balaban J connectivity index is 2.54. The summed E-state index contributed by atoms with van der Waals surface area (Å²) in [5.74, 6) is 0.657. The van der Waals surface area contributed by atoms with E-state index in [0.717, 1.165) is 17.0 Å². The van der Waals surface area contributed by atoms with E-state index in [1.807, 2.05) is 39.0 Å². The van der Waals surface area contributed by atoms with Crippen LogP contribution >= 0.6 is 0 Å². The quantitative estimate of drug-likeness (QED) is 0.854. The fourth-order valence-electron chi connectivity index (χ4n) is 1.53. The van der Waals surface area contributed by atoms with Crippen molar-refractivity contribution in [2.75, 3.05) is 0 Å². The summed E-state index contributed by atoms with van der Waals surface area (Å²) in [5, 5.41) is 0. The van der Waals surface area contributed by atoms with E-state index in [-0.39, 0.29) is 0 Å². The predicted molar refractivity (Wildman–Crippen MR) is 67.2 cm³/mol. The standard InChI is InChI=1S/C13H16N4/c1-9-8-11(10-4-6-15-7-5-10)17-12(16-9)13(2,3)14/h4-8H,14H2,1-3H3. The minimum Gasteiger partial charge on any atom is -0.319 e. The smallest absolute Gasteiger partial charge is 0.148 e.